The third-order valence-electron chi connectivity index (χ3n) is 6.46. The molecule has 0 aromatic heterocycles. The van der Waals surface area contributed by atoms with Gasteiger partial charge in [-0.1, -0.05) is 78.7 Å². The van der Waals surface area contributed by atoms with Crippen molar-refractivity contribution in [3.63, 3.8) is 0 Å². The molecule has 214 valence electrons. The molecule has 0 radical (unpaired) electrons. The zero-order valence-corrected chi connectivity index (χ0v) is 24.8. The normalized spacial score (nSPS) is 12.8. The van der Waals surface area contributed by atoms with Crippen molar-refractivity contribution in [2.75, 3.05) is 17.1 Å². The number of benzene rings is 3. The summed E-state index contributed by atoms with van der Waals surface area (Å²) in [6, 6.07) is 18.0. The van der Waals surface area contributed by atoms with Gasteiger partial charge in [0.25, 0.3) is 0 Å². The molecule has 0 spiro atoms. The second-order valence-corrected chi connectivity index (χ2v) is 12.2. The molecule has 0 heterocycles. The summed E-state index contributed by atoms with van der Waals surface area (Å²) in [7, 11) is -4.09. The number of anilines is 1. The molecular formula is C29H32Cl2FN3O4S. The number of nitrogens with one attached hydrogen (secondary N) is 1. The van der Waals surface area contributed by atoms with E-state index in [2.05, 4.69) is 5.32 Å². The Morgan fingerprint density at radius 3 is 2.12 bits per heavy atom. The Bertz CT molecular complexity index is 1420. The Hall–Kier alpha value is -3.14. The van der Waals surface area contributed by atoms with Gasteiger partial charge in [0.2, 0.25) is 21.8 Å². The molecule has 0 saturated carbocycles. The van der Waals surface area contributed by atoms with E-state index in [-0.39, 0.29) is 34.7 Å². The fourth-order valence-electron chi connectivity index (χ4n) is 4.10. The molecule has 2 amide bonds. The number of carbonyl (C=O) groups is 2. The maximum atomic E-state index is 14.7. The van der Waals surface area contributed by atoms with Crippen molar-refractivity contribution in [2.45, 2.75) is 45.3 Å². The highest BCUT2D eigenvalue weighted by molar-refractivity contribution is 7.92. The molecule has 0 unspecified atom stereocenters. The molecule has 1 N–H and O–H groups in total. The summed E-state index contributed by atoms with van der Waals surface area (Å²) in [6.07, 6.45) is 1.68. The Balaban J connectivity index is 2.12. The molecular weight excluding hydrogens is 576 g/mol. The predicted molar refractivity (Wildman–Crippen MR) is 157 cm³/mol. The summed E-state index contributed by atoms with van der Waals surface area (Å²) < 4.78 is 40.9. The van der Waals surface area contributed by atoms with Gasteiger partial charge in [-0.15, -0.1) is 0 Å². The van der Waals surface area contributed by atoms with Gasteiger partial charge in [-0.3, -0.25) is 13.9 Å². The van der Waals surface area contributed by atoms with Crippen LogP contribution >= 0.6 is 23.2 Å². The van der Waals surface area contributed by atoms with E-state index in [0.717, 1.165) is 17.9 Å². The molecule has 0 aliphatic carbocycles. The van der Waals surface area contributed by atoms with Gasteiger partial charge in [0.1, 0.15) is 18.4 Å². The lowest BCUT2D eigenvalue weighted by molar-refractivity contribution is -0.140. The van der Waals surface area contributed by atoms with Crippen molar-refractivity contribution in [3.05, 3.63) is 99.8 Å². The minimum Gasteiger partial charge on any atom is -0.352 e. The molecule has 3 rings (SSSR count). The van der Waals surface area contributed by atoms with E-state index in [1.54, 1.807) is 18.2 Å². The molecule has 3 aromatic rings. The molecule has 0 aliphatic rings. The maximum absolute atomic E-state index is 14.7. The van der Waals surface area contributed by atoms with Crippen molar-refractivity contribution in [3.8, 4) is 0 Å². The van der Waals surface area contributed by atoms with Crippen molar-refractivity contribution in [2.24, 2.45) is 0 Å². The van der Waals surface area contributed by atoms with Crippen LogP contribution in [-0.4, -0.2) is 50.0 Å². The summed E-state index contributed by atoms with van der Waals surface area (Å²) in [5, 5.41) is 3.49. The minimum atomic E-state index is -4.09. The Labute approximate surface area is 244 Å². The molecule has 40 heavy (non-hydrogen) atoms. The number of hydrogen-bond acceptors (Lipinski definition) is 4. The second-order valence-electron chi connectivity index (χ2n) is 9.47. The van der Waals surface area contributed by atoms with Crippen LogP contribution in [0.3, 0.4) is 0 Å². The molecule has 2 atom stereocenters. The number of amides is 2. The Kier molecular flexibility index (Phi) is 11.0. The smallest absolute Gasteiger partial charge is 0.244 e. The van der Waals surface area contributed by atoms with E-state index in [9.17, 15) is 22.4 Å². The van der Waals surface area contributed by atoms with Gasteiger partial charge in [-0.2, -0.15) is 0 Å². The van der Waals surface area contributed by atoms with Gasteiger partial charge in [0.05, 0.1) is 11.9 Å². The first-order valence-corrected chi connectivity index (χ1v) is 15.3. The molecule has 0 aliphatic heterocycles. The zero-order valence-electron chi connectivity index (χ0n) is 22.5. The molecule has 0 bridgehead atoms. The van der Waals surface area contributed by atoms with Crippen LogP contribution in [0, 0.1) is 5.82 Å². The van der Waals surface area contributed by atoms with E-state index < -0.39 is 40.2 Å². The quantitative estimate of drug-likeness (QED) is 0.296. The summed E-state index contributed by atoms with van der Waals surface area (Å²) in [5.41, 5.74) is 0.895. The van der Waals surface area contributed by atoms with Crippen LogP contribution in [0.1, 0.15) is 31.4 Å². The number of para-hydroxylation sites is 1. The molecule has 11 heteroatoms. The SMILES string of the molecule is CC[C@@H](C)NC(=O)[C@H](Cc1ccccc1)N(Cc1c(Cl)cccc1Cl)C(=O)CN(c1ccccc1F)S(C)(=O)=O. The lowest BCUT2D eigenvalue weighted by Gasteiger charge is -2.34. The highest BCUT2D eigenvalue weighted by Gasteiger charge is 2.34. The van der Waals surface area contributed by atoms with E-state index in [1.165, 1.54) is 23.1 Å². The maximum Gasteiger partial charge on any atom is 0.244 e. The van der Waals surface area contributed by atoms with Crippen LogP contribution in [0.4, 0.5) is 10.1 Å². The number of carbonyl (C=O) groups excluding carboxylic acids is 2. The van der Waals surface area contributed by atoms with Gasteiger partial charge in [-0.25, -0.2) is 12.8 Å². The van der Waals surface area contributed by atoms with E-state index in [0.29, 0.717) is 16.3 Å². The fraction of sp³-hybridized carbons (Fsp3) is 0.310. The number of hydrogen-bond donors (Lipinski definition) is 1. The topological polar surface area (TPSA) is 86.8 Å². The zero-order chi connectivity index (χ0) is 29.4. The fourth-order valence-corrected chi connectivity index (χ4v) is 5.46. The van der Waals surface area contributed by atoms with Crippen LogP contribution in [0.5, 0.6) is 0 Å². The van der Waals surface area contributed by atoms with E-state index in [1.807, 2.05) is 44.2 Å². The number of halogens is 3. The highest BCUT2D eigenvalue weighted by Crippen LogP contribution is 2.28. The lowest BCUT2D eigenvalue weighted by Crippen LogP contribution is -2.54. The van der Waals surface area contributed by atoms with Crippen LogP contribution in [0.2, 0.25) is 10.0 Å². The molecule has 7 nitrogen and oxygen atoms in total. The largest absolute Gasteiger partial charge is 0.352 e. The van der Waals surface area contributed by atoms with Crippen molar-refractivity contribution < 1.29 is 22.4 Å². The minimum absolute atomic E-state index is 0.134. The van der Waals surface area contributed by atoms with Gasteiger partial charge in [0.15, 0.2) is 0 Å². The predicted octanol–water partition coefficient (Wildman–Crippen LogP) is 5.45. The van der Waals surface area contributed by atoms with Gasteiger partial charge < -0.3 is 10.2 Å². The molecule has 0 fully saturated rings. The summed E-state index contributed by atoms with van der Waals surface area (Å²) >= 11 is 12.9. The first-order valence-electron chi connectivity index (χ1n) is 12.7. The first-order chi connectivity index (χ1) is 18.9. The molecule has 3 aromatic carbocycles. The van der Waals surface area contributed by atoms with Crippen molar-refractivity contribution in [1.82, 2.24) is 10.2 Å². The summed E-state index contributed by atoms with van der Waals surface area (Å²) in [5.74, 6) is -1.96. The van der Waals surface area contributed by atoms with Crippen molar-refractivity contribution in [1.29, 1.82) is 0 Å². The first kappa shape index (κ1) is 31.4. The standard InChI is InChI=1S/C29H32Cl2FN3O4S/c1-4-20(2)33-29(37)27(17-21-11-6-5-7-12-21)34(18-22-23(30)13-10-14-24(22)31)28(36)19-35(40(3,38)39)26-16-9-8-15-25(26)32/h5-16,20,27H,4,17-19H2,1-3H3,(H,33,37)/t20-,27+/m1/s1. The van der Waals surface area contributed by atoms with Crippen LogP contribution in [-0.2, 0) is 32.6 Å². The molecule has 0 saturated heterocycles. The van der Waals surface area contributed by atoms with Gasteiger partial charge >= 0.3 is 0 Å². The third-order valence-corrected chi connectivity index (χ3v) is 8.30. The number of rotatable bonds is 12. The van der Waals surface area contributed by atoms with Crippen molar-refractivity contribution >= 4 is 50.7 Å². The highest BCUT2D eigenvalue weighted by atomic mass is 35.5. The summed E-state index contributed by atoms with van der Waals surface area (Å²) in [6.45, 7) is 2.83. The van der Waals surface area contributed by atoms with Crippen LogP contribution in [0.25, 0.3) is 0 Å². The van der Waals surface area contributed by atoms with Gasteiger partial charge in [0, 0.05) is 34.6 Å². The third kappa shape index (κ3) is 8.19. The summed E-state index contributed by atoms with van der Waals surface area (Å²) in [4.78, 5) is 29.0. The average Bonchev–Trinajstić information content (AvgIpc) is 2.91. The van der Waals surface area contributed by atoms with Crippen LogP contribution in [0.15, 0.2) is 72.8 Å². The Morgan fingerprint density at radius 1 is 0.950 bits per heavy atom. The average molecular weight is 609 g/mol. The Morgan fingerprint density at radius 2 is 1.55 bits per heavy atom. The van der Waals surface area contributed by atoms with E-state index >= 15 is 0 Å². The number of nitrogens with zero attached hydrogens (tertiary/aromatic N) is 2. The van der Waals surface area contributed by atoms with Gasteiger partial charge in [-0.05, 0) is 43.2 Å². The van der Waals surface area contributed by atoms with Crippen LogP contribution < -0.4 is 9.62 Å². The second kappa shape index (κ2) is 14.0. The monoisotopic (exact) mass is 607 g/mol. The lowest BCUT2D eigenvalue weighted by atomic mass is 10.0. The number of sulfonamides is 1. The van der Waals surface area contributed by atoms with E-state index in [4.69, 9.17) is 23.2 Å².